The number of rotatable bonds is 3. The van der Waals surface area contributed by atoms with Gasteiger partial charge in [0, 0.05) is 5.41 Å². The van der Waals surface area contributed by atoms with Crippen LogP contribution in [0.1, 0.15) is 47.2 Å². The van der Waals surface area contributed by atoms with Gasteiger partial charge in [-0.3, -0.25) is 0 Å². The fourth-order valence-corrected chi connectivity index (χ4v) is 4.56. The highest BCUT2D eigenvalue weighted by Crippen LogP contribution is 2.50. The number of benzene rings is 3. The van der Waals surface area contributed by atoms with Crippen molar-refractivity contribution >= 4 is 5.57 Å². The van der Waals surface area contributed by atoms with Gasteiger partial charge in [0.2, 0.25) is 0 Å². The monoisotopic (exact) mass is 338 g/mol. The van der Waals surface area contributed by atoms with Crippen LogP contribution < -0.4 is 0 Å². The Kier molecular flexibility index (Phi) is 3.88. The van der Waals surface area contributed by atoms with Crippen molar-refractivity contribution in [3.05, 3.63) is 101 Å². The van der Waals surface area contributed by atoms with Crippen LogP contribution in [-0.2, 0) is 11.8 Å². The topological polar surface area (TPSA) is 0 Å². The van der Waals surface area contributed by atoms with Gasteiger partial charge < -0.3 is 0 Å². The first-order chi connectivity index (χ1) is 12.4. The van der Waals surface area contributed by atoms with Gasteiger partial charge in [0.25, 0.3) is 0 Å². The van der Waals surface area contributed by atoms with E-state index < -0.39 is 0 Å². The maximum absolute atomic E-state index is 4.21. The Morgan fingerprint density at radius 2 is 1.50 bits per heavy atom. The van der Waals surface area contributed by atoms with Crippen LogP contribution in [0.3, 0.4) is 0 Å². The van der Waals surface area contributed by atoms with Gasteiger partial charge in [-0.05, 0) is 60.6 Å². The Bertz CT molecular complexity index is 1020. The minimum Gasteiger partial charge on any atom is -0.0955 e. The summed E-state index contributed by atoms with van der Waals surface area (Å²) in [6.45, 7) is 13.1. The third-order valence-electron chi connectivity index (χ3n) is 5.85. The molecule has 0 radical (unpaired) electrons. The van der Waals surface area contributed by atoms with Crippen LogP contribution in [0.15, 0.2) is 67.2 Å². The SMILES string of the molecule is C=C(C)c1ccc(C)cc1CC1(C)c2ccccc2-c2cc(C)ccc21. The van der Waals surface area contributed by atoms with Gasteiger partial charge in [-0.25, -0.2) is 0 Å². The van der Waals surface area contributed by atoms with Crippen LogP contribution in [0, 0.1) is 13.8 Å². The Hall–Kier alpha value is -2.60. The van der Waals surface area contributed by atoms with E-state index in [9.17, 15) is 0 Å². The molecule has 1 aliphatic rings. The first-order valence-corrected chi connectivity index (χ1v) is 9.36. The fraction of sp³-hybridized carbons (Fsp3) is 0.231. The molecule has 0 aliphatic heterocycles. The van der Waals surface area contributed by atoms with Crippen molar-refractivity contribution in [2.75, 3.05) is 0 Å². The first-order valence-electron chi connectivity index (χ1n) is 9.36. The third-order valence-corrected chi connectivity index (χ3v) is 5.85. The summed E-state index contributed by atoms with van der Waals surface area (Å²) in [5, 5.41) is 0. The molecule has 0 spiro atoms. The molecular weight excluding hydrogens is 312 g/mol. The minimum absolute atomic E-state index is 0.0163. The second-order valence-corrected chi connectivity index (χ2v) is 8.04. The average molecular weight is 338 g/mol. The van der Waals surface area contributed by atoms with Crippen LogP contribution in [0.25, 0.3) is 16.7 Å². The second kappa shape index (κ2) is 5.99. The molecular formula is C26H26. The van der Waals surface area contributed by atoms with Crippen LogP contribution in [0.4, 0.5) is 0 Å². The molecule has 1 aliphatic carbocycles. The highest BCUT2D eigenvalue weighted by molar-refractivity contribution is 5.81. The van der Waals surface area contributed by atoms with Gasteiger partial charge >= 0.3 is 0 Å². The summed E-state index contributed by atoms with van der Waals surface area (Å²) in [4.78, 5) is 0. The summed E-state index contributed by atoms with van der Waals surface area (Å²) in [6.07, 6.45) is 0.990. The van der Waals surface area contributed by atoms with E-state index in [2.05, 4.69) is 94.9 Å². The zero-order valence-electron chi connectivity index (χ0n) is 16.2. The largest absolute Gasteiger partial charge is 0.0955 e. The molecule has 0 fully saturated rings. The van der Waals surface area contributed by atoms with E-state index in [1.165, 1.54) is 44.5 Å². The summed E-state index contributed by atoms with van der Waals surface area (Å²) in [7, 11) is 0. The zero-order chi connectivity index (χ0) is 18.5. The van der Waals surface area contributed by atoms with Gasteiger partial charge in [-0.1, -0.05) is 90.9 Å². The number of aryl methyl sites for hydroxylation is 2. The van der Waals surface area contributed by atoms with Crippen molar-refractivity contribution in [3.8, 4) is 11.1 Å². The molecule has 0 heteroatoms. The van der Waals surface area contributed by atoms with Crippen molar-refractivity contribution in [1.82, 2.24) is 0 Å². The zero-order valence-corrected chi connectivity index (χ0v) is 16.2. The van der Waals surface area contributed by atoms with Crippen molar-refractivity contribution in [3.63, 3.8) is 0 Å². The van der Waals surface area contributed by atoms with Gasteiger partial charge in [-0.2, -0.15) is 0 Å². The molecule has 0 amide bonds. The maximum Gasteiger partial charge on any atom is 0.0227 e. The normalized spacial score (nSPS) is 17.7. The van der Waals surface area contributed by atoms with Crippen LogP contribution >= 0.6 is 0 Å². The van der Waals surface area contributed by atoms with E-state index in [1.54, 1.807) is 0 Å². The molecule has 3 aromatic rings. The van der Waals surface area contributed by atoms with Gasteiger partial charge in [-0.15, -0.1) is 0 Å². The molecule has 1 atom stereocenters. The predicted octanol–water partition coefficient (Wildman–Crippen LogP) is 6.87. The van der Waals surface area contributed by atoms with Crippen molar-refractivity contribution in [2.24, 2.45) is 0 Å². The maximum atomic E-state index is 4.21. The molecule has 0 nitrogen and oxygen atoms in total. The quantitative estimate of drug-likeness (QED) is 0.489. The van der Waals surface area contributed by atoms with Gasteiger partial charge in [0.05, 0.1) is 0 Å². The Balaban J connectivity index is 1.93. The molecule has 0 aromatic heterocycles. The molecule has 130 valence electrons. The number of allylic oxidation sites excluding steroid dienone is 1. The summed E-state index contributed by atoms with van der Waals surface area (Å²) < 4.78 is 0. The Morgan fingerprint density at radius 1 is 0.846 bits per heavy atom. The second-order valence-electron chi connectivity index (χ2n) is 8.04. The number of hydrogen-bond donors (Lipinski definition) is 0. The van der Waals surface area contributed by atoms with E-state index in [1.807, 2.05) is 0 Å². The molecule has 26 heavy (non-hydrogen) atoms. The Labute approximate surface area is 157 Å². The van der Waals surface area contributed by atoms with E-state index in [-0.39, 0.29) is 5.41 Å². The minimum atomic E-state index is -0.0163. The summed E-state index contributed by atoms with van der Waals surface area (Å²) in [5.41, 5.74) is 12.1. The van der Waals surface area contributed by atoms with Gasteiger partial charge in [0.15, 0.2) is 0 Å². The lowest BCUT2D eigenvalue weighted by Gasteiger charge is -2.29. The summed E-state index contributed by atoms with van der Waals surface area (Å²) in [6, 6.07) is 22.6. The molecule has 4 rings (SSSR count). The van der Waals surface area contributed by atoms with E-state index >= 15 is 0 Å². The van der Waals surface area contributed by atoms with E-state index in [0.29, 0.717) is 0 Å². The molecule has 0 heterocycles. The van der Waals surface area contributed by atoms with Crippen LogP contribution in [0.2, 0.25) is 0 Å². The lowest BCUT2D eigenvalue weighted by molar-refractivity contribution is 0.582. The smallest absolute Gasteiger partial charge is 0.0227 e. The molecule has 3 aromatic carbocycles. The lowest BCUT2D eigenvalue weighted by atomic mass is 9.74. The summed E-state index contributed by atoms with van der Waals surface area (Å²) in [5.74, 6) is 0. The van der Waals surface area contributed by atoms with Crippen LogP contribution in [0.5, 0.6) is 0 Å². The van der Waals surface area contributed by atoms with E-state index in [0.717, 1.165) is 12.0 Å². The average Bonchev–Trinajstić information content (AvgIpc) is 2.84. The molecule has 0 saturated heterocycles. The number of hydrogen-bond acceptors (Lipinski definition) is 0. The highest BCUT2D eigenvalue weighted by atomic mass is 14.4. The van der Waals surface area contributed by atoms with E-state index in [4.69, 9.17) is 0 Å². The highest BCUT2D eigenvalue weighted by Gasteiger charge is 2.39. The fourth-order valence-electron chi connectivity index (χ4n) is 4.56. The van der Waals surface area contributed by atoms with Gasteiger partial charge in [0.1, 0.15) is 0 Å². The predicted molar refractivity (Wildman–Crippen MR) is 113 cm³/mol. The van der Waals surface area contributed by atoms with Crippen LogP contribution in [-0.4, -0.2) is 0 Å². The van der Waals surface area contributed by atoms with Crippen molar-refractivity contribution in [2.45, 2.75) is 39.5 Å². The molecule has 0 N–H and O–H groups in total. The summed E-state index contributed by atoms with van der Waals surface area (Å²) >= 11 is 0. The van der Waals surface area contributed by atoms with Crippen molar-refractivity contribution < 1.29 is 0 Å². The first kappa shape index (κ1) is 16.8. The third kappa shape index (κ3) is 2.52. The molecule has 0 bridgehead atoms. The lowest BCUT2D eigenvalue weighted by Crippen LogP contribution is -2.24. The van der Waals surface area contributed by atoms with Crippen molar-refractivity contribution in [1.29, 1.82) is 0 Å². The standard InChI is InChI=1S/C26H26/c1-17(2)21-12-10-18(3)14-20(21)16-26(5)24-9-7-6-8-22(24)23-15-19(4)11-13-25(23)26/h6-15H,1,16H2,2-5H3. The number of fused-ring (bicyclic) bond motifs is 3. The molecule has 1 unspecified atom stereocenters. The Morgan fingerprint density at radius 3 is 2.27 bits per heavy atom. The molecule has 0 saturated carbocycles.